The lowest BCUT2D eigenvalue weighted by Gasteiger charge is -2.13. The van der Waals surface area contributed by atoms with Crippen molar-refractivity contribution in [2.45, 2.75) is 18.7 Å². The molecule has 0 bridgehead atoms. The van der Waals surface area contributed by atoms with Crippen LogP contribution in [0.4, 0.5) is 0 Å². The van der Waals surface area contributed by atoms with Gasteiger partial charge < -0.3 is 10.4 Å². The van der Waals surface area contributed by atoms with E-state index in [1.54, 1.807) is 18.3 Å². The summed E-state index contributed by atoms with van der Waals surface area (Å²) in [5, 5.41) is 20.1. The molecule has 0 radical (unpaired) electrons. The molecule has 2 unspecified atom stereocenters. The number of aromatic nitrogens is 2. The summed E-state index contributed by atoms with van der Waals surface area (Å²) in [5.74, 6) is -0.181. The zero-order valence-corrected chi connectivity index (χ0v) is 9.39. The first-order valence-electron chi connectivity index (χ1n) is 4.95. The molecule has 0 amide bonds. The van der Waals surface area contributed by atoms with Gasteiger partial charge in [-0.3, -0.25) is 0 Å². The van der Waals surface area contributed by atoms with Crippen molar-refractivity contribution < 1.29 is 13.5 Å². The average molecular weight is 243 g/mol. The third kappa shape index (κ3) is 2.75. The van der Waals surface area contributed by atoms with Crippen LogP contribution < -0.4 is 5.32 Å². The van der Waals surface area contributed by atoms with E-state index in [0.717, 1.165) is 5.69 Å². The topological polar surface area (TPSA) is 92.2 Å². The number of aliphatic hydroxyl groups is 1. The molecule has 1 aromatic rings. The van der Waals surface area contributed by atoms with E-state index in [1.807, 2.05) is 0 Å². The zero-order valence-electron chi connectivity index (χ0n) is 8.57. The number of nitrogens with zero attached hydrogens (tertiary/aromatic N) is 2. The van der Waals surface area contributed by atoms with Gasteiger partial charge in [0.05, 0.1) is 23.3 Å². The van der Waals surface area contributed by atoms with Crippen molar-refractivity contribution in [3.05, 3.63) is 24.0 Å². The van der Waals surface area contributed by atoms with Crippen LogP contribution in [-0.2, 0) is 16.4 Å². The van der Waals surface area contributed by atoms with E-state index in [0.29, 0.717) is 6.54 Å². The van der Waals surface area contributed by atoms with Crippen LogP contribution in [0, 0.1) is 0 Å². The van der Waals surface area contributed by atoms with Crippen LogP contribution in [0.25, 0.3) is 0 Å². The Hall–Kier alpha value is -1.05. The number of hydrogen-bond acceptors (Lipinski definition) is 6. The van der Waals surface area contributed by atoms with Crippen molar-refractivity contribution in [3.8, 4) is 0 Å². The van der Waals surface area contributed by atoms with Crippen LogP contribution >= 0.6 is 0 Å². The molecular formula is C9H13N3O3S. The van der Waals surface area contributed by atoms with Gasteiger partial charge in [-0.2, -0.15) is 10.2 Å². The largest absolute Gasteiger partial charge is 0.390 e. The van der Waals surface area contributed by atoms with Crippen molar-refractivity contribution in [2.24, 2.45) is 0 Å². The van der Waals surface area contributed by atoms with Gasteiger partial charge in [-0.05, 0) is 12.1 Å². The Morgan fingerprint density at radius 1 is 1.50 bits per heavy atom. The summed E-state index contributed by atoms with van der Waals surface area (Å²) in [7, 11) is -3.10. The molecule has 0 spiro atoms. The third-order valence-corrected chi connectivity index (χ3v) is 4.21. The van der Waals surface area contributed by atoms with Crippen LogP contribution in [0.2, 0.25) is 0 Å². The van der Waals surface area contributed by atoms with Gasteiger partial charge in [0.25, 0.3) is 0 Å². The fourth-order valence-corrected chi connectivity index (χ4v) is 3.46. The first-order valence-corrected chi connectivity index (χ1v) is 6.77. The van der Waals surface area contributed by atoms with Gasteiger partial charge in [0.1, 0.15) is 0 Å². The number of hydrogen-bond donors (Lipinski definition) is 2. The van der Waals surface area contributed by atoms with E-state index in [1.165, 1.54) is 0 Å². The Balaban J connectivity index is 1.92. The highest BCUT2D eigenvalue weighted by atomic mass is 32.2. The number of sulfone groups is 1. The van der Waals surface area contributed by atoms with Gasteiger partial charge in [0, 0.05) is 18.8 Å². The number of rotatable bonds is 3. The minimum atomic E-state index is -3.10. The molecule has 0 aliphatic carbocycles. The maximum absolute atomic E-state index is 11.2. The van der Waals surface area contributed by atoms with Gasteiger partial charge in [-0.1, -0.05) is 0 Å². The average Bonchev–Trinajstić information content (AvgIpc) is 2.50. The van der Waals surface area contributed by atoms with Gasteiger partial charge >= 0.3 is 0 Å². The summed E-state index contributed by atoms with van der Waals surface area (Å²) in [6.45, 7) is 0.408. The summed E-state index contributed by atoms with van der Waals surface area (Å²) in [6, 6.07) is 3.13. The fourth-order valence-electron chi connectivity index (χ4n) is 1.69. The van der Waals surface area contributed by atoms with Crippen LogP contribution in [0.1, 0.15) is 5.69 Å². The second kappa shape index (κ2) is 4.44. The molecule has 2 atom stereocenters. The first kappa shape index (κ1) is 11.4. The summed E-state index contributed by atoms with van der Waals surface area (Å²) in [5.41, 5.74) is 0.721. The molecule has 0 aromatic carbocycles. The van der Waals surface area contributed by atoms with Crippen molar-refractivity contribution in [1.29, 1.82) is 0 Å². The standard InChI is InChI=1S/C9H13N3O3S/c13-9-6-16(14,15)5-8(9)10-4-7-2-1-3-11-12-7/h1-3,8-10,13H,4-6H2. The van der Waals surface area contributed by atoms with E-state index >= 15 is 0 Å². The maximum atomic E-state index is 11.2. The third-order valence-electron chi connectivity index (χ3n) is 2.50. The minimum absolute atomic E-state index is 0.0194. The number of nitrogens with one attached hydrogen (secondary N) is 1. The highest BCUT2D eigenvalue weighted by Crippen LogP contribution is 2.12. The molecule has 1 aliphatic heterocycles. The predicted molar refractivity (Wildman–Crippen MR) is 57.3 cm³/mol. The molecule has 2 rings (SSSR count). The van der Waals surface area contributed by atoms with Gasteiger partial charge in [0.2, 0.25) is 0 Å². The molecule has 88 valence electrons. The lowest BCUT2D eigenvalue weighted by Crippen LogP contribution is -2.38. The lowest BCUT2D eigenvalue weighted by atomic mass is 10.2. The van der Waals surface area contributed by atoms with Gasteiger partial charge in [-0.15, -0.1) is 0 Å². The van der Waals surface area contributed by atoms with Crippen molar-refractivity contribution in [2.75, 3.05) is 11.5 Å². The van der Waals surface area contributed by atoms with Gasteiger partial charge in [-0.25, -0.2) is 8.42 Å². The predicted octanol–water partition coefficient (Wildman–Crippen LogP) is -1.28. The molecule has 1 aliphatic rings. The second-order valence-electron chi connectivity index (χ2n) is 3.85. The summed E-state index contributed by atoms with van der Waals surface area (Å²) in [4.78, 5) is 0. The van der Waals surface area contributed by atoms with Crippen molar-refractivity contribution >= 4 is 9.84 Å². The summed E-state index contributed by atoms with van der Waals surface area (Å²) in [6.07, 6.45) is 0.736. The quantitative estimate of drug-likeness (QED) is 0.687. The summed E-state index contributed by atoms with van der Waals surface area (Å²) < 4.78 is 22.5. The Morgan fingerprint density at radius 2 is 2.31 bits per heavy atom. The smallest absolute Gasteiger partial charge is 0.154 e. The maximum Gasteiger partial charge on any atom is 0.154 e. The highest BCUT2D eigenvalue weighted by Gasteiger charge is 2.35. The molecule has 1 saturated heterocycles. The molecule has 7 heteroatoms. The molecule has 2 N–H and O–H groups in total. The Morgan fingerprint density at radius 3 is 2.88 bits per heavy atom. The van der Waals surface area contributed by atoms with Crippen LogP contribution in [0.3, 0.4) is 0 Å². The summed E-state index contributed by atoms with van der Waals surface area (Å²) >= 11 is 0. The van der Waals surface area contributed by atoms with E-state index < -0.39 is 22.0 Å². The molecule has 2 heterocycles. The van der Waals surface area contributed by atoms with Crippen molar-refractivity contribution in [1.82, 2.24) is 15.5 Å². The van der Waals surface area contributed by atoms with Gasteiger partial charge in [0.15, 0.2) is 9.84 Å². The molecular weight excluding hydrogens is 230 g/mol. The van der Waals surface area contributed by atoms with E-state index in [2.05, 4.69) is 15.5 Å². The van der Waals surface area contributed by atoms with Crippen LogP contribution in [-0.4, -0.2) is 47.4 Å². The highest BCUT2D eigenvalue weighted by molar-refractivity contribution is 7.91. The van der Waals surface area contributed by atoms with Crippen molar-refractivity contribution in [3.63, 3.8) is 0 Å². The molecule has 1 fully saturated rings. The monoisotopic (exact) mass is 243 g/mol. The Labute approximate surface area is 93.6 Å². The second-order valence-corrected chi connectivity index (χ2v) is 6.00. The zero-order chi connectivity index (χ0) is 11.6. The Kier molecular flexibility index (Phi) is 3.17. The molecule has 16 heavy (non-hydrogen) atoms. The lowest BCUT2D eigenvalue weighted by molar-refractivity contribution is 0.165. The molecule has 6 nitrogen and oxygen atoms in total. The Bertz CT molecular complexity index is 448. The first-order chi connectivity index (χ1) is 7.57. The minimum Gasteiger partial charge on any atom is -0.390 e. The number of aliphatic hydroxyl groups excluding tert-OH is 1. The van der Waals surface area contributed by atoms with E-state index in [9.17, 15) is 13.5 Å². The molecule has 0 saturated carbocycles. The van der Waals surface area contributed by atoms with E-state index in [-0.39, 0.29) is 11.5 Å². The van der Waals surface area contributed by atoms with Crippen LogP contribution in [0.5, 0.6) is 0 Å². The fraction of sp³-hybridized carbons (Fsp3) is 0.556. The molecule has 1 aromatic heterocycles. The normalized spacial score (nSPS) is 28.1. The SMILES string of the molecule is O=S1(=O)CC(O)C(NCc2cccnn2)C1. The van der Waals surface area contributed by atoms with Crippen LogP contribution in [0.15, 0.2) is 18.3 Å². The van der Waals surface area contributed by atoms with E-state index in [4.69, 9.17) is 0 Å².